The Morgan fingerprint density at radius 1 is 1.13 bits per heavy atom. The third-order valence-corrected chi connectivity index (χ3v) is 5.74. The molecule has 3 rings (SSSR count). The zero-order valence-corrected chi connectivity index (χ0v) is 18.9. The van der Waals surface area contributed by atoms with E-state index in [9.17, 15) is 9.59 Å². The zero-order chi connectivity index (χ0) is 22.4. The maximum absolute atomic E-state index is 13.0. The molecule has 166 valence electrons. The maximum atomic E-state index is 13.0. The standard InChI is InChI=1S/C25H33N3O3/c1-5-31-15-9-14-28-23(21-12-6-7-13-22(21)25(28)30)27-20-11-8-10-19(16-20)24(29)26-18(4)17(2)3/h6-8,10-13,16-18,23,27H,5,9,14-15H2,1-4H3,(H,26,29)/t18-,23+/m1/s1. The number of ether oxygens (including phenoxy) is 1. The second-order valence-electron chi connectivity index (χ2n) is 8.27. The molecule has 0 aromatic heterocycles. The van der Waals surface area contributed by atoms with E-state index >= 15 is 0 Å². The molecule has 0 unspecified atom stereocenters. The quantitative estimate of drug-likeness (QED) is 0.554. The van der Waals surface area contributed by atoms with E-state index < -0.39 is 0 Å². The van der Waals surface area contributed by atoms with Gasteiger partial charge in [0.15, 0.2) is 0 Å². The fourth-order valence-corrected chi connectivity index (χ4v) is 3.60. The largest absolute Gasteiger partial charge is 0.382 e. The summed E-state index contributed by atoms with van der Waals surface area (Å²) in [6.45, 7) is 10.0. The van der Waals surface area contributed by atoms with Crippen LogP contribution in [0.15, 0.2) is 48.5 Å². The van der Waals surface area contributed by atoms with Crippen molar-refractivity contribution in [2.45, 2.75) is 46.3 Å². The second kappa shape index (κ2) is 10.4. The lowest BCUT2D eigenvalue weighted by Gasteiger charge is -2.27. The molecule has 0 spiro atoms. The number of anilines is 1. The Hall–Kier alpha value is -2.86. The number of fused-ring (bicyclic) bond motifs is 1. The van der Waals surface area contributed by atoms with Gasteiger partial charge >= 0.3 is 0 Å². The number of hydrogen-bond acceptors (Lipinski definition) is 4. The lowest BCUT2D eigenvalue weighted by Crippen LogP contribution is -2.36. The van der Waals surface area contributed by atoms with Gasteiger partial charge in [-0.3, -0.25) is 9.59 Å². The van der Waals surface area contributed by atoms with Crippen molar-refractivity contribution < 1.29 is 14.3 Å². The number of carbonyl (C=O) groups is 2. The number of hydrogen-bond donors (Lipinski definition) is 2. The fraction of sp³-hybridized carbons (Fsp3) is 0.440. The summed E-state index contributed by atoms with van der Waals surface area (Å²) in [5.74, 6) is 0.280. The Labute approximate surface area is 185 Å². The summed E-state index contributed by atoms with van der Waals surface area (Å²) in [5, 5.41) is 6.52. The van der Waals surface area contributed by atoms with Gasteiger partial charge in [0.1, 0.15) is 6.17 Å². The first-order valence-corrected chi connectivity index (χ1v) is 11.1. The predicted octanol–water partition coefficient (Wildman–Crippen LogP) is 4.45. The van der Waals surface area contributed by atoms with Crippen LogP contribution in [0.2, 0.25) is 0 Å². The first-order valence-electron chi connectivity index (χ1n) is 11.1. The van der Waals surface area contributed by atoms with Crippen LogP contribution >= 0.6 is 0 Å². The van der Waals surface area contributed by atoms with Gasteiger partial charge in [-0.2, -0.15) is 0 Å². The van der Waals surface area contributed by atoms with Crippen molar-refractivity contribution in [1.82, 2.24) is 10.2 Å². The molecule has 0 radical (unpaired) electrons. The van der Waals surface area contributed by atoms with Gasteiger partial charge < -0.3 is 20.3 Å². The first kappa shape index (κ1) is 22.8. The van der Waals surface area contributed by atoms with Crippen LogP contribution in [0.25, 0.3) is 0 Å². The molecule has 6 nitrogen and oxygen atoms in total. The Morgan fingerprint density at radius 2 is 1.90 bits per heavy atom. The normalized spacial score (nSPS) is 16.4. The minimum absolute atomic E-state index is 0.0178. The predicted molar refractivity (Wildman–Crippen MR) is 123 cm³/mol. The van der Waals surface area contributed by atoms with Crippen LogP contribution in [0.4, 0.5) is 5.69 Å². The molecule has 0 fully saturated rings. The molecule has 2 N–H and O–H groups in total. The fourth-order valence-electron chi connectivity index (χ4n) is 3.60. The summed E-state index contributed by atoms with van der Waals surface area (Å²) in [7, 11) is 0. The molecule has 6 heteroatoms. The number of rotatable bonds is 10. The summed E-state index contributed by atoms with van der Waals surface area (Å²) in [6, 6.07) is 15.2. The van der Waals surface area contributed by atoms with Gasteiger partial charge in [-0.1, -0.05) is 38.1 Å². The van der Waals surface area contributed by atoms with E-state index in [1.807, 2.05) is 61.2 Å². The van der Waals surface area contributed by atoms with E-state index in [1.54, 1.807) is 6.07 Å². The van der Waals surface area contributed by atoms with Crippen LogP contribution in [0.3, 0.4) is 0 Å². The lowest BCUT2D eigenvalue weighted by molar-refractivity contribution is 0.0708. The van der Waals surface area contributed by atoms with Gasteiger partial charge in [-0.05, 0) is 50.5 Å². The van der Waals surface area contributed by atoms with E-state index in [2.05, 4.69) is 24.5 Å². The van der Waals surface area contributed by atoms with Gasteiger partial charge in [-0.25, -0.2) is 0 Å². The topological polar surface area (TPSA) is 70.7 Å². The van der Waals surface area contributed by atoms with Crippen LogP contribution in [-0.4, -0.2) is 42.5 Å². The smallest absolute Gasteiger partial charge is 0.256 e. The van der Waals surface area contributed by atoms with Crippen molar-refractivity contribution in [3.05, 3.63) is 65.2 Å². The Kier molecular flexibility index (Phi) is 7.69. The van der Waals surface area contributed by atoms with Gasteiger partial charge in [0.2, 0.25) is 0 Å². The van der Waals surface area contributed by atoms with Crippen LogP contribution in [0, 0.1) is 5.92 Å². The number of carbonyl (C=O) groups excluding carboxylic acids is 2. The maximum Gasteiger partial charge on any atom is 0.256 e. The molecule has 2 atom stereocenters. The van der Waals surface area contributed by atoms with Crippen LogP contribution in [0.5, 0.6) is 0 Å². The van der Waals surface area contributed by atoms with Crippen molar-refractivity contribution in [3.8, 4) is 0 Å². The van der Waals surface area contributed by atoms with Crippen molar-refractivity contribution in [1.29, 1.82) is 0 Å². The van der Waals surface area contributed by atoms with Gasteiger partial charge in [0, 0.05) is 48.2 Å². The van der Waals surface area contributed by atoms with Crippen LogP contribution in [0.1, 0.15) is 66.6 Å². The Morgan fingerprint density at radius 3 is 2.65 bits per heavy atom. The summed E-state index contributed by atoms with van der Waals surface area (Å²) >= 11 is 0. The summed E-state index contributed by atoms with van der Waals surface area (Å²) in [4.78, 5) is 27.5. The Bertz CT molecular complexity index is 912. The molecule has 2 aromatic rings. The molecule has 0 saturated heterocycles. The molecular weight excluding hydrogens is 390 g/mol. The first-order chi connectivity index (χ1) is 14.9. The third-order valence-electron chi connectivity index (χ3n) is 5.74. The molecule has 1 aliphatic heterocycles. The SMILES string of the molecule is CCOCCCN1C(=O)c2ccccc2[C@H]1Nc1cccc(C(=O)N[C@H](C)C(C)C)c1. The highest BCUT2D eigenvalue weighted by molar-refractivity contribution is 5.99. The van der Waals surface area contributed by atoms with E-state index in [4.69, 9.17) is 4.74 Å². The highest BCUT2D eigenvalue weighted by Gasteiger charge is 2.36. The highest BCUT2D eigenvalue weighted by atomic mass is 16.5. The third kappa shape index (κ3) is 5.44. The monoisotopic (exact) mass is 423 g/mol. The molecular formula is C25H33N3O3. The minimum atomic E-state index is -0.279. The molecule has 2 amide bonds. The second-order valence-corrected chi connectivity index (χ2v) is 8.27. The molecule has 0 aliphatic carbocycles. The molecule has 0 saturated carbocycles. The van der Waals surface area contributed by atoms with Crippen LogP contribution < -0.4 is 10.6 Å². The van der Waals surface area contributed by atoms with E-state index in [-0.39, 0.29) is 24.0 Å². The van der Waals surface area contributed by atoms with Crippen molar-refractivity contribution in [2.24, 2.45) is 5.92 Å². The van der Waals surface area contributed by atoms with Crippen molar-refractivity contribution in [2.75, 3.05) is 25.1 Å². The van der Waals surface area contributed by atoms with Crippen LogP contribution in [-0.2, 0) is 4.74 Å². The van der Waals surface area contributed by atoms with Gasteiger partial charge in [0.05, 0.1) is 0 Å². The molecule has 1 aliphatic rings. The number of benzene rings is 2. The van der Waals surface area contributed by atoms with Gasteiger partial charge in [-0.15, -0.1) is 0 Å². The molecule has 31 heavy (non-hydrogen) atoms. The number of nitrogens with zero attached hydrogens (tertiary/aromatic N) is 1. The molecule has 1 heterocycles. The van der Waals surface area contributed by atoms with E-state index in [1.165, 1.54) is 0 Å². The number of nitrogens with one attached hydrogen (secondary N) is 2. The van der Waals surface area contributed by atoms with E-state index in [0.717, 1.165) is 23.2 Å². The van der Waals surface area contributed by atoms with Crippen molar-refractivity contribution >= 4 is 17.5 Å². The van der Waals surface area contributed by atoms with Crippen molar-refractivity contribution in [3.63, 3.8) is 0 Å². The summed E-state index contributed by atoms with van der Waals surface area (Å²) in [5.41, 5.74) is 3.07. The minimum Gasteiger partial charge on any atom is -0.382 e. The molecule has 0 bridgehead atoms. The summed E-state index contributed by atoms with van der Waals surface area (Å²) in [6.07, 6.45) is 0.486. The molecule has 2 aromatic carbocycles. The number of amides is 2. The van der Waals surface area contributed by atoms with E-state index in [0.29, 0.717) is 31.2 Å². The summed E-state index contributed by atoms with van der Waals surface area (Å²) < 4.78 is 5.45. The average Bonchev–Trinajstić information content (AvgIpc) is 3.02. The average molecular weight is 424 g/mol. The zero-order valence-electron chi connectivity index (χ0n) is 18.9. The van der Waals surface area contributed by atoms with Gasteiger partial charge in [0.25, 0.3) is 11.8 Å². The lowest BCUT2D eigenvalue weighted by atomic mass is 10.1. The Balaban J connectivity index is 1.78. The highest BCUT2D eigenvalue weighted by Crippen LogP contribution is 2.34.